The van der Waals surface area contributed by atoms with E-state index in [4.69, 9.17) is 16.3 Å². The Morgan fingerprint density at radius 1 is 1.27 bits per heavy atom. The highest BCUT2D eigenvalue weighted by Gasteiger charge is 2.26. The van der Waals surface area contributed by atoms with Crippen molar-refractivity contribution in [1.29, 1.82) is 0 Å². The number of sulfone groups is 1. The van der Waals surface area contributed by atoms with Gasteiger partial charge in [0.05, 0.1) is 22.7 Å². The van der Waals surface area contributed by atoms with E-state index in [0.29, 0.717) is 35.7 Å². The van der Waals surface area contributed by atoms with Crippen LogP contribution in [-0.2, 0) is 16.4 Å². The number of halogens is 1. The van der Waals surface area contributed by atoms with Crippen molar-refractivity contribution in [3.8, 4) is 5.88 Å². The maximum absolute atomic E-state index is 13.1. The second kappa shape index (κ2) is 7.80. The molecular formula is C18H23ClN2O4S. The lowest BCUT2D eigenvalue weighted by Gasteiger charge is -2.14. The zero-order chi connectivity index (χ0) is 19.6. The molecule has 0 aliphatic heterocycles. The Balaban J connectivity index is 2.62. The Morgan fingerprint density at radius 2 is 1.92 bits per heavy atom. The van der Waals surface area contributed by atoms with Crippen LogP contribution < -0.4 is 4.74 Å². The van der Waals surface area contributed by atoms with Crippen LogP contribution in [0.25, 0.3) is 0 Å². The average Bonchev–Trinajstić information content (AvgIpc) is 2.92. The lowest BCUT2D eigenvalue weighted by atomic mass is 10.0. The average molecular weight is 399 g/mol. The zero-order valence-electron chi connectivity index (χ0n) is 15.6. The fraction of sp³-hybridized carbons (Fsp3) is 0.444. The van der Waals surface area contributed by atoms with Crippen molar-refractivity contribution in [2.75, 3.05) is 12.9 Å². The fourth-order valence-electron chi connectivity index (χ4n) is 3.01. The molecule has 0 saturated carbocycles. The molecule has 0 amide bonds. The highest BCUT2D eigenvalue weighted by Crippen LogP contribution is 2.33. The van der Waals surface area contributed by atoms with Gasteiger partial charge in [-0.05, 0) is 44.4 Å². The summed E-state index contributed by atoms with van der Waals surface area (Å²) in [6.07, 6.45) is 3.44. The Morgan fingerprint density at radius 3 is 2.46 bits per heavy atom. The van der Waals surface area contributed by atoms with E-state index in [1.54, 1.807) is 18.5 Å². The number of ketones is 1. The van der Waals surface area contributed by atoms with Crippen LogP contribution in [0.1, 0.15) is 47.3 Å². The second-order valence-corrected chi connectivity index (χ2v) is 8.46. The molecule has 0 bridgehead atoms. The summed E-state index contributed by atoms with van der Waals surface area (Å²) in [5.41, 5.74) is 1.41. The first-order chi connectivity index (χ1) is 12.1. The van der Waals surface area contributed by atoms with Crippen LogP contribution in [0, 0.1) is 13.8 Å². The van der Waals surface area contributed by atoms with Crippen molar-refractivity contribution < 1.29 is 17.9 Å². The molecule has 2 rings (SSSR count). The number of carbonyl (C=O) groups excluding carboxylic acids is 1. The van der Waals surface area contributed by atoms with E-state index in [9.17, 15) is 13.2 Å². The van der Waals surface area contributed by atoms with Crippen LogP contribution in [0.3, 0.4) is 0 Å². The van der Waals surface area contributed by atoms with Gasteiger partial charge in [0.1, 0.15) is 5.56 Å². The minimum Gasteiger partial charge on any atom is -0.478 e. The van der Waals surface area contributed by atoms with Crippen molar-refractivity contribution in [1.82, 2.24) is 9.78 Å². The number of aryl methyl sites for hydroxylation is 2. The second-order valence-electron chi connectivity index (χ2n) is 6.13. The van der Waals surface area contributed by atoms with Gasteiger partial charge in [-0.3, -0.25) is 4.79 Å². The lowest BCUT2D eigenvalue weighted by molar-refractivity contribution is 0.103. The van der Waals surface area contributed by atoms with Crippen LogP contribution >= 0.6 is 11.6 Å². The van der Waals surface area contributed by atoms with E-state index in [1.165, 1.54) is 12.3 Å². The number of hydrogen-bond acceptors (Lipinski definition) is 5. The van der Waals surface area contributed by atoms with Crippen LogP contribution in [0.5, 0.6) is 5.88 Å². The molecule has 142 valence electrons. The maximum Gasteiger partial charge on any atom is 0.223 e. The molecule has 0 fully saturated rings. The Kier molecular flexibility index (Phi) is 6.13. The van der Waals surface area contributed by atoms with Gasteiger partial charge in [-0.2, -0.15) is 5.10 Å². The molecule has 0 spiro atoms. The largest absolute Gasteiger partial charge is 0.478 e. The van der Waals surface area contributed by atoms with E-state index >= 15 is 0 Å². The van der Waals surface area contributed by atoms with Gasteiger partial charge in [-0.25, -0.2) is 13.1 Å². The molecule has 0 aliphatic rings. The predicted molar refractivity (Wildman–Crippen MR) is 101 cm³/mol. The molecule has 0 radical (unpaired) electrons. The zero-order valence-corrected chi connectivity index (χ0v) is 17.2. The summed E-state index contributed by atoms with van der Waals surface area (Å²) in [5, 5.41) is 4.37. The Hall–Kier alpha value is -1.86. The Labute approximate surface area is 159 Å². The molecule has 0 unspecified atom stereocenters. The molecule has 1 heterocycles. The summed E-state index contributed by atoms with van der Waals surface area (Å²) in [6.45, 7) is 8.12. The molecule has 26 heavy (non-hydrogen) atoms. The number of hydrogen-bond donors (Lipinski definition) is 0. The molecule has 8 heteroatoms. The third-order valence-corrected chi connectivity index (χ3v) is 5.85. The molecule has 0 saturated heterocycles. The third kappa shape index (κ3) is 3.78. The number of rotatable bonds is 7. The van der Waals surface area contributed by atoms with E-state index in [0.717, 1.165) is 12.7 Å². The number of aromatic nitrogens is 2. The highest BCUT2D eigenvalue weighted by molar-refractivity contribution is 7.90. The molecule has 0 aliphatic carbocycles. The first kappa shape index (κ1) is 20.5. The number of benzene rings is 1. The van der Waals surface area contributed by atoms with Crippen molar-refractivity contribution in [2.45, 2.75) is 45.6 Å². The van der Waals surface area contributed by atoms with Gasteiger partial charge in [0.15, 0.2) is 9.84 Å². The monoisotopic (exact) mass is 398 g/mol. The standard InChI is InChI=1S/C18H23ClN2O4S/c1-6-8-21-18(25-7-2)14(10-20-21)16(22)13-9-11(3)17(26(5,23)24)12(4)15(13)19/h9-10H,6-8H2,1-5H3. The molecule has 1 aromatic heterocycles. The SMILES string of the molecule is CCCn1ncc(C(=O)c2cc(C)c(S(C)(=O)=O)c(C)c2Cl)c1OCC. The first-order valence-corrected chi connectivity index (χ1v) is 10.6. The van der Waals surface area contributed by atoms with E-state index in [1.807, 2.05) is 13.8 Å². The van der Waals surface area contributed by atoms with Gasteiger partial charge in [0.25, 0.3) is 0 Å². The summed E-state index contributed by atoms with van der Waals surface area (Å²) >= 11 is 6.37. The maximum atomic E-state index is 13.1. The molecule has 6 nitrogen and oxygen atoms in total. The van der Waals surface area contributed by atoms with E-state index in [2.05, 4.69) is 5.10 Å². The molecule has 0 N–H and O–H groups in total. The van der Waals surface area contributed by atoms with Gasteiger partial charge >= 0.3 is 0 Å². The molecule has 0 atom stereocenters. The Bertz CT molecular complexity index is 949. The quantitative estimate of drug-likeness (QED) is 0.666. The minimum absolute atomic E-state index is 0.131. The van der Waals surface area contributed by atoms with Crippen molar-refractivity contribution in [2.24, 2.45) is 0 Å². The number of nitrogens with zero attached hydrogens (tertiary/aromatic N) is 2. The van der Waals surface area contributed by atoms with Crippen molar-refractivity contribution in [3.05, 3.63) is 39.5 Å². The first-order valence-electron chi connectivity index (χ1n) is 8.36. The van der Waals surface area contributed by atoms with Crippen LogP contribution in [0.2, 0.25) is 5.02 Å². The van der Waals surface area contributed by atoms with Crippen LogP contribution in [0.15, 0.2) is 17.2 Å². The van der Waals surface area contributed by atoms with E-state index in [-0.39, 0.29) is 21.3 Å². The minimum atomic E-state index is -3.45. The highest BCUT2D eigenvalue weighted by atomic mass is 35.5. The van der Waals surface area contributed by atoms with Gasteiger partial charge in [-0.15, -0.1) is 0 Å². The smallest absolute Gasteiger partial charge is 0.223 e. The van der Waals surface area contributed by atoms with Crippen LogP contribution in [0.4, 0.5) is 0 Å². The third-order valence-electron chi connectivity index (χ3n) is 3.99. The predicted octanol–water partition coefficient (Wildman–Crippen LogP) is 3.60. The molecule has 1 aromatic carbocycles. The lowest BCUT2D eigenvalue weighted by Crippen LogP contribution is -2.11. The van der Waals surface area contributed by atoms with Gasteiger partial charge in [-0.1, -0.05) is 18.5 Å². The van der Waals surface area contributed by atoms with Gasteiger partial charge in [0.2, 0.25) is 11.7 Å². The molecular weight excluding hydrogens is 376 g/mol. The topological polar surface area (TPSA) is 78.3 Å². The number of ether oxygens (including phenoxy) is 1. The summed E-state index contributed by atoms with van der Waals surface area (Å²) in [5.74, 6) is 0.0602. The van der Waals surface area contributed by atoms with Gasteiger partial charge < -0.3 is 4.74 Å². The van der Waals surface area contributed by atoms with E-state index < -0.39 is 9.84 Å². The molecule has 2 aromatic rings. The fourth-order valence-corrected chi connectivity index (χ4v) is 4.61. The summed E-state index contributed by atoms with van der Waals surface area (Å²) < 4.78 is 31.3. The van der Waals surface area contributed by atoms with Crippen LogP contribution in [-0.4, -0.2) is 36.8 Å². The summed E-state index contributed by atoms with van der Waals surface area (Å²) in [4.78, 5) is 13.2. The summed E-state index contributed by atoms with van der Waals surface area (Å²) in [6, 6.07) is 1.51. The normalized spacial score (nSPS) is 11.6. The van der Waals surface area contributed by atoms with Crippen molar-refractivity contribution >= 4 is 27.2 Å². The van der Waals surface area contributed by atoms with Crippen molar-refractivity contribution in [3.63, 3.8) is 0 Å². The summed E-state index contributed by atoms with van der Waals surface area (Å²) in [7, 11) is -3.45. The number of carbonyl (C=O) groups is 1. The van der Waals surface area contributed by atoms with Gasteiger partial charge in [0, 0.05) is 18.4 Å².